The number of hydrogen-bond acceptors (Lipinski definition) is 3. The Morgan fingerprint density at radius 1 is 0.565 bits per heavy atom. The highest BCUT2D eigenvalue weighted by molar-refractivity contribution is 8.30. The van der Waals surface area contributed by atoms with E-state index in [9.17, 15) is 10.0 Å². The summed E-state index contributed by atoms with van der Waals surface area (Å²) in [6.07, 6.45) is 0. The predicted molar refractivity (Wildman–Crippen MR) is 93.0 cm³/mol. The second-order valence-electron chi connectivity index (χ2n) is 4.92. The van der Waals surface area contributed by atoms with E-state index in [2.05, 4.69) is 0 Å². The van der Waals surface area contributed by atoms with E-state index in [1.165, 1.54) is 0 Å². The van der Waals surface area contributed by atoms with Crippen LogP contribution in [0.25, 0.3) is 0 Å². The molecule has 3 rings (SSSR count). The molecule has 0 unspecified atom stereocenters. The molecule has 0 heterocycles. The molecule has 0 aliphatic rings. The first-order chi connectivity index (χ1) is 11.2. The summed E-state index contributed by atoms with van der Waals surface area (Å²) in [6, 6.07) is 29.1. The number of hydrogen-bond donors (Lipinski definition) is 2. The zero-order chi connectivity index (χ0) is 16.1. The quantitative estimate of drug-likeness (QED) is 0.701. The van der Waals surface area contributed by atoms with Crippen LogP contribution in [0.15, 0.2) is 106 Å². The van der Waals surface area contributed by atoms with Gasteiger partial charge in [-0.25, -0.2) is 0 Å². The van der Waals surface area contributed by atoms with E-state index in [0.717, 1.165) is 14.7 Å². The lowest BCUT2D eigenvalue weighted by Crippen LogP contribution is -2.21. The molecule has 0 aromatic heterocycles. The van der Waals surface area contributed by atoms with Crippen molar-refractivity contribution in [3.05, 3.63) is 91.0 Å². The van der Waals surface area contributed by atoms with E-state index in [4.69, 9.17) is 4.10 Å². The highest BCUT2D eigenvalue weighted by Crippen LogP contribution is 2.68. The molecule has 0 spiro atoms. The molecule has 3 aromatic carbocycles. The molecule has 23 heavy (non-hydrogen) atoms. The molecule has 2 N–H and O–H groups in total. The first-order valence-electron chi connectivity index (χ1n) is 7.26. The third-order valence-electron chi connectivity index (χ3n) is 3.46. The SMILES string of the molecule is OB(O)OS(c1ccccc1)(c1ccccc1)c1ccccc1. The summed E-state index contributed by atoms with van der Waals surface area (Å²) >= 11 is 0. The smallest absolute Gasteiger partial charge is 0.401 e. The number of rotatable bonds is 5. The van der Waals surface area contributed by atoms with Crippen LogP contribution >= 0.6 is 10.3 Å². The summed E-state index contributed by atoms with van der Waals surface area (Å²) in [4.78, 5) is 2.72. The summed E-state index contributed by atoms with van der Waals surface area (Å²) in [5.41, 5.74) is 0. The average molecular weight is 324 g/mol. The minimum atomic E-state index is -2.23. The van der Waals surface area contributed by atoms with Gasteiger partial charge >= 0.3 is 7.32 Å². The van der Waals surface area contributed by atoms with Crippen molar-refractivity contribution in [1.29, 1.82) is 0 Å². The van der Waals surface area contributed by atoms with Gasteiger partial charge in [0.15, 0.2) is 0 Å². The molecule has 0 saturated heterocycles. The van der Waals surface area contributed by atoms with Crippen molar-refractivity contribution < 1.29 is 14.1 Å². The molecule has 0 fully saturated rings. The van der Waals surface area contributed by atoms with Crippen molar-refractivity contribution in [3.63, 3.8) is 0 Å². The van der Waals surface area contributed by atoms with Gasteiger partial charge in [0.2, 0.25) is 0 Å². The molecule has 0 bridgehead atoms. The molecule has 0 aliphatic carbocycles. The van der Waals surface area contributed by atoms with Crippen LogP contribution in [0.3, 0.4) is 0 Å². The Kier molecular flexibility index (Phi) is 4.83. The van der Waals surface area contributed by atoms with Gasteiger partial charge in [0, 0.05) is 14.7 Å². The molecule has 0 radical (unpaired) electrons. The first-order valence-corrected chi connectivity index (χ1v) is 8.82. The molecule has 5 heteroatoms. The van der Waals surface area contributed by atoms with Crippen molar-refractivity contribution >= 4 is 17.6 Å². The Bertz CT molecular complexity index is 639. The van der Waals surface area contributed by atoms with Crippen LogP contribution in [0.2, 0.25) is 0 Å². The van der Waals surface area contributed by atoms with Crippen LogP contribution in [-0.2, 0) is 4.10 Å². The van der Waals surface area contributed by atoms with Gasteiger partial charge in [-0.05, 0) is 36.4 Å². The van der Waals surface area contributed by atoms with Crippen molar-refractivity contribution in [3.8, 4) is 0 Å². The van der Waals surface area contributed by atoms with Crippen LogP contribution in [0.1, 0.15) is 0 Å². The largest absolute Gasteiger partial charge is 0.645 e. The van der Waals surface area contributed by atoms with Gasteiger partial charge in [-0.3, -0.25) is 0 Å². The molecule has 3 aromatic rings. The van der Waals surface area contributed by atoms with Gasteiger partial charge in [-0.2, -0.15) is 0 Å². The Morgan fingerprint density at radius 3 is 1.13 bits per heavy atom. The van der Waals surface area contributed by atoms with E-state index in [-0.39, 0.29) is 0 Å². The second-order valence-corrected chi connectivity index (χ2v) is 7.64. The fourth-order valence-electron chi connectivity index (χ4n) is 2.54. The fourth-order valence-corrected chi connectivity index (χ4v) is 5.57. The van der Waals surface area contributed by atoms with Crippen LogP contribution in [0, 0.1) is 0 Å². The molecule has 0 saturated carbocycles. The number of benzene rings is 3. The highest BCUT2D eigenvalue weighted by Gasteiger charge is 2.35. The summed E-state index contributed by atoms with van der Waals surface area (Å²) < 4.78 is 5.79. The van der Waals surface area contributed by atoms with Crippen molar-refractivity contribution in [2.75, 3.05) is 0 Å². The third kappa shape index (κ3) is 3.18. The zero-order valence-corrected chi connectivity index (χ0v) is 13.3. The molecular formula is C18H17BO3S. The molecule has 0 atom stereocenters. The van der Waals surface area contributed by atoms with Gasteiger partial charge in [0.05, 0.1) is 0 Å². The minimum absolute atomic E-state index is 0.908. The topological polar surface area (TPSA) is 49.7 Å². The van der Waals surface area contributed by atoms with E-state index in [1.54, 1.807) is 0 Å². The average Bonchev–Trinajstić information content (AvgIpc) is 2.62. The third-order valence-corrected chi connectivity index (χ3v) is 6.72. The summed E-state index contributed by atoms with van der Waals surface area (Å²) in [6.45, 7) is 0. The Labute approximate surface area is 137 Å². The van der Waals surface area contributed by atoms with Gasteiger partial charge < -0.3 is 14.1 Å². The maximum absolute atomic E-state index is 9.63. The lowest BCUT2D eigenvalue weighted by Gasteiger charge is -2.40. The van der Waals surface area contributed by atoms with Crippen molar-refractivity contribution in [1.82, 2.24) is 0 Å². The summed E-state index contributed by atoms with van der Waals surface area (Å²) in [7, 11) is -4.10. The highest BCUT2D eigenvalue weighted by atomic mass is 32.3. The molecule has 0 amide bonds. The molecule has 116 valence electrons. The normalized spacial score (nSPS) is 11.9. The standard InChI is InChI=1S/C18H17BO3S/c20-19(21)22-23(16-10-4-1-5-11-16,17-12-6-2-7-13-17)18-14-8-3-9-15-18/h1-15,20-21H. The minimum Gasteiger partial charge on any atom is -0.401 e. The van der Waals surface area contributed by atoms with E-state index < -0.39 is 17.6 Å². The van der Waals surface area contributed by atoms with E-state index >= 15 is 0 Å². The van der Waals surface area contributed by atoms with Crippen LogP contribution < -0.4 is 0 Å². The maximum atomic E-state index is 9.63. The predicted octanol–water partition coefficient (Wildman–Crippen LogP) is 3.87. The maximum Gasteiger partial charge on any atom is 0.645 e. The Balaban J connectivity index is 2.30. The van der Waals surface area contributed by atoms with E-state index in [0.29, 0.717) is 0 Å². The molecular weight excluding hydrogens is 307 g/mol. The van der Waals surface area contributed by atoms with Gasteiger partial charge in [-0.15, -0.1) is 0 Å². The monoisotopic (exact) mass is 324 g/mol. The molecule has 0 aliphatic heterocycles. The fraction of sp³-hybridized carbons (Fsp3) is 0. The zero-order valence-electron chi connectivity index (χ0n) is 12.4. The van der Waals surface area contributed by atoms with Gasteiger partial charge in [-0.1, -0.05) is 64.9 Å². The van der Waals surface area contributed by atoms with Crippen molar-refractivity contribution in [2.45, 2.75) is 14.7 Å². The van der Waals surface area contributed by atoms with Gasteiger partial charge in [0.1, 0.15) is 0 Å². The van der Waals surface area contributed by atoms with Gasteiger partial charge in [0.25, 0.3) is 0 Å². The first kappa shape index (κ1) is 15.8. The molecule has 3 nitrogen and oxygen atoms in total. The summed E-state index contributed by atoms with van der Waals surface area (Å²) in [5, 5.41) is 19.3. The lowest BCUT2D eigenvalue weighted by molar-refractivity contribution is 0.301. The van der Waals surface area contributed by atoms with E-state index in [1.807, 2.05) is 91.0 Å². The van der Waals surface area contributed by atoms with Crippen LogP contribution in [0.5, 0.6) is 0 Å². The van der Waals surface area contributed by atoms with Crippen molar-refractivity contribution in [2.24, 2.45) is 0 Å². The Hall–Kier alpha value is -2.05. The van der Waals surface area contributed by atoms with Crippen LogP contribution in [-0.4, -0.2) is 17.4 Å². The lowest BCUT2D eigenvalue weighted by atomic mass is 10.3. The second kappa shape index (κ2) is 7.02. The van der Waals surface area contributed by atoms with Crippen LogP contribution in [0.4, 0.5) is 0 Å². The Morgan fingerprint density at radius 2 is 0.870 bits per heavy atom. The summed E-state index contributed by atoms with van der Waals surface area (Å²) in [5.74, 6) is 0.